The number of aromatic nitrogens is 3. The average molecular weight is 490 g/mol. The Kier molecular flexibility index (Phi) is 5.80. The molecule has 35 heavy (non-hydrogen) atoms. The predicted molar refractivity (Wildman–Crippen MR) is 139 cm³/mol. The Balaban J connectivity index is 1.62. The van der Waals surface area contributed by atoms with Crippen molar-refractivity contribution in [3.8, 4) is 11.3 Å². The highest BCUT2D eigenvalue weighted by Crippen LogP contribution is 2.32. The molecule has 9 heteroatoms. The molecule has 0 spiro atoms. The third-order valence-electron chi connectivity index (χ3n) is 6.35. The van der Waals surface area contributed by atoms with Crippen LogP contribution >= 0.6 is 0 Å². The van der Waals surface area contributed by atoms with Crippen molar-refractivity contribution in [2.45, 2.75) is 19.4 Å². The maximum absolute atomic E-state index is 13.5. The van der Waals surface area contributed by atoms with E-state index in [1.165, 1.54) is 0 Å². The van der Waals surface area contributed by atoms with Crippen molar-refractivity contribution in [3.05, 3.63) is 71.9 Å². The Labute approximate surface area is 204 Å². The van der Waals surface area contributed by atoms with Crippen LogP contribution in [0.2, 0.25) is 0 Å². The van der Waals surface area contributed by atoms with Crippen molar-refractivity contribution >= 4 is 38.2 Å². The minimum Gasteiger partial charge on any atom is -0.378 e. The summed E-state index contributed by atoms with van der Waals surface area (Å²) >= 11 is 0. The summed E-state index contributed by atoms with van der Waals surface area (Å²) in [6.45, 7) is 1.83. The van der Waals surface area contributed by atoms with Gasteiger partial charge in [-0.05, 0) is 43.7 Å². The zero-order chi connectivity index (χ0) is 24.7. The number of amides is 1. The van der Waals surface area contributed by atoms with Gasteiger partial charge in [-0.15, -0.1) is 0 Å². The van der Waals surface area contributed by atoms with E-state index in [0.29, 0.717) is 40.1 Å². The monoisotopic (exact) mass is 489 g/mol. The number of pyridine rings is 1. The molecular weight excluding hydrogens is 462 g/mol. The van der Waals surface area contributed by atoms with E-state index in [4.69, 9.17) is 4.98 Å². The van der Waals surface area contributed by atoms with E-state index in [0.717, 1.165) is 11.3 Å². The molecule has 2 aromatic carbocycles. The zero-order valence-electron chi connectivity index (χ0n) is 19.9. The number of nitrogens with one attached hydrogen (secondary N) is 1. The summed E-state index contributed by atoms with van der Waals surface area (Å²) in [6, 6.07) is 18.7. The first-order chi connectivity index (χ1) is 16.7. The summed E-state index contributed by atoms with van der Waals surface area (Å²) in [7, 11) is 0.808. The molecule has 1 amide bonds. The van der Waals surface area contributed by atoms with Gasteiger partial charge in [0.15, 0.2) is 15.5 Å². The number of anilines is 2. The SMILES string of the molecule is Cc1nn(C2CCS(=O)(=O)C2)c2nc(-c3ccccc3)cc(C(=O)Nc3ccc(N(C)C)cc3)c12. The summed E-state index contributed by atoms with van der Waals surface area (Å²) in [5.74, 6) is -0.110. The van der Waals surface area contributed by atoms with Crippen LogP contribution in [0.3, 0.4) is 0 Å². The van der Waals surface area contributed by atoms with E-state index >= 15 is 0 Å². The van der Waals surface area contributed by atoms with Crippen LogP contribution in [0, 0.1) is 6.92 Å². The fourth-order valence-electron chi connectivity index (χ4n) is 4.51. The highest BCUT2D eigenvalue weighted by molar-refractivity contribution is 7.91. The summed E-state index contributed by atoms with van der Waals surface area (Å²) < 4.78 is 26.0. The standard InChI is InChI=1S/C26H27N5O3S/c1-17-24-22(26(32)27-19-9-11-20(12-10-19)30(2)3)15-23(18-7-5-4-6-8-18)28-25(24)31(29-17)21-13-14-35(33,34)16-21/h4-12,15,21H,13-14,16H2,1-3H3,(H,27,32). The second-order valence-corrected chi connectivity index (χ2v) is 11.3. The summed E-state index contributed by atoms with van der Waals surface area (Å²) in [5.41, 5.74) is 4.83. The highest BCUT2D eigenvalue weighted by Gasteiger charge is 2.32. The van der Waals surface area contributed by atoms with Crippen LogP contribution in [0.15, 0.2) is 60.7 Å². The predicted octanol–water partition coefficient (Wildman–Crippen LogP) is 4.08. The number of carbonyl (C=O) groups excluding carboxylic acids is 1. The summed E-state index contributed by atoms with van der Waals surface area (Å²) in [5, 5.41) is 8.29. The number of sulfone groups is 1. The molecule has 180 valence electrons. The van der Waals surface area contributed by atoms with Crippen LogP contribution in [0.5, 0.6) is 0 Å². The molecule has 0 bridgehead atoms. The minimum absolute atomic E-state index is 0.0280. The minimum atomic E-state index is -3.11. The van der Waals surface area contributed by atoms with Gasteiger partial charge >= 0.3 is 0 Å². The van der Waals surface area contributed by atoms with E-state index in [9.17, 15) is 13.2 Å². The molecule has 3 heterocycles. The molecule has 1 aliphatic heterocycles. The first-order valence-electron chi connectivity index (χ1n) is 11.5. The molecule has 0 radical (unpaired) electrons. The second-order valence-electron chi connectivity index (χ2n) is 9.10. The zero-order valence-corrected chi connectivity index (χ0v) is 20.7. The normalized spacial score (nSPS) is 16.9. The summed E-state index contributed by atoms with van der Waals surface area (Å²) in [6.07, 6.45) is 0.482. The molecule has 1 N–H and O–H groups in total. The van der Waals surface area contributed by atoms with Gasteiger partial charge in [0, 0.05) is 31.0 Å². The third kappa shape index (κ3) is 4.51. The Morgan fingerprint density at radius 2 is 1.80 bits per heavy atom. The molecule has 1 saturated heterocycles. The number of hydrogen-bond donors (Lipinski definition) is 1. The van der Waals surface area contributed by atoms with E-state index in [2.05, 4.69) is 10.4 Å². The van der Waals surface area contributed by atoms with Crippen molar-refractivity contribution in [3.63, 3.8) is 0 Å². The number of hydrogen-bond acceptors (Lipinski definition) is 6. The van der Waals surface area contributed by atoms with Crippen LogP contribution in [0.4, 0.5) is 11.4 Å². The van der Waals surface area contributed by atoms with Crippen molar-refractivity contribution in [2.24, 2.45) is 0 Å². The molecule has 5 rings (SSSR count). The molecule has 1 aliphatic rings. The third-order valence-corrected chi connectivity index (χ3v) is 8.10. The van der Waals surface area contributed by atoms with Gasteiger partial charge in [-0.1, -0.05) is 30.3 Å². The lowest BCUT2D eigenvalue weighted by atomic mass is 10.0. The van der Waals surface area contributed by atoms with E-state index in [1.807, 2.05) is 80.5 Å². The van der Waals surface area contributed by atoms with Crippen LogP contribution in [-0.2, 0) is 9.84 Å². The molecule has 2 aromatic heterocycles. The van der Waals surface area contributed by atoms with Gasteiger partial charge < -0.3 is 10.2 Å². The van der Waals surface area contributed by atoms with Crippen molar-refractivity contribution in [1.29, 1.82) is 0 Å². The van der Waals surface area contributed by atoms with E-state index in [-0.39, 0.29) is 23.5 Å². The molecule has 0 aliphatic carbocycles. The van der Waals surface area contributed by atoms with E-state index < -0.39 is 9.84 Å². The Morgan fingerprint density at radius 3 is 2.43 bits per heavy atom. The van der Waals surface area contributed by atoms with Crippen molar-refractivity contribution < 1.29 is 13.2 Å². The van der Waals surface area contributed by atoms with Gasteiger partial charge in [-0.3, -0.25) is 4.79 Å². The number of benzene rings is 2. The molecule has 0 saturated carbocycles. The van der Waals surface area contributed by atoms with Gasteiger partial charge in [-0.2, -0.15) is 5.10 Å². The lowest BCUT2D eigenvalue weighted by Gasteiger charge is -2.14. The maximum atomic E-state index is 13.5. The van der Waals surface area contributed by atoms with Crippen LogP contribution in [-0.4, -0.2) is 54.7 Å². The topological polar surface area (TPSA) is 97.2 Å². The second kappa shape index (κ2) is 8.81. The van der Waals surface area contributed by atoms with Crippen molar-refractivity contribution in [1.82, 2.24) is 14.8 Å². The van der Waals surface area contributed by atoms with Gasteiger partial charge in [0.25, 0.3) is 5.91 Å². The summed E-state index contributed by atoms with van der Waals surface area (Å²) in [4.78, 5) is 20.4. The van der Waals surface area contributed by atoms with Crippen LogP contribution in [0.1, 0.15) is 28.5 Å². The molecule has 1 fully saturated rings. The lowest BCUT2D eigenvalue weighted by molar-refractivity contribution is 0.102. The molecule has 8 nitrogen and oxygen atoms in total. The first kappa shape index (κ1) is 23.0. The molecular formula is C26H27N5O3S. The largest absolute Gasteiger partial charge is 0.378 e. The molecule has 4 aromatic rings. The smallest absolute Gasteiger partial charge is 0.256 e. The fourth-order valence-corrected chi connectivity index (χ4v) is 6.21. The van der Waals surface area contributed by atoms with Gasteiger partial charge in [0.05, 0.1) is 39.9 Å². The highest BCUT2D eigenvalue weighted by atomic mass is 32.2. The Hall–Kier alpha value is -3.72. The lowest BCUT2D eigenvalue weighted by Crippen LogP contribution is -2.15. The number of fused-ring (bicyclic) bond motifs is 1. The maximum Gasteiger partial charge on any atom is 0.256 e. The van der Waals surface area contributed by atoms with E-state index in [1.54, 1.807) is 10.7 Å². The fraction of sp³-hybridized carbons (Fsp3) is 0.269. The Bertz CT molecular complexity index is 1510. The molecule has 1 unspecified atom stereocenters. The van der Waals surface area contributed by atoms with Crippen LogP contribution in [0.25, 0.3) is 22.3 Å². The molecule has 1 atom stereocenters. The number of carbonyl (C=O) groups is 1. The number of rotatable bonds is 5. The van der Waals surface area contributed by atoms with Gasteiger partial charge in [0.1, 0.15) is 0 Å². The van der Waals surface area contributed by atoms with Gasteiger partial charge in [-0.25, -0.2) is 18.1 Å². The Morgan fingerprint density at radius 1 is 1.09 bits per heavy atom. The average Bonchev–Trinajstić information content (AvgIpc) is 3.38. The first-order valence-corrected chi connectivity index (χ1v) is 13.3. The van der Waals surface area contributed by atoms with Gasteiger partial charge in [0.2, 0.25) is 0 Å². The quantitative estimate of drug-likeness (QED) is 0.454. The number of aryl methyl sites for hydroxylation is 1. The number of nitrogens with zero attached hydrogens (tertiary/aromatic N) is 4. The van der Waals surface area contributed by atoms with Crippen molar-refractivity contribution in [2.75, 3.05) is 35.8 Å². The van der Waals surface area contributed by atoms with Crippen LogP contribution < -0.4 is 10.2 Å².